The molecule has 2 aromatic carbocycles. The zero-order valence-corrected chi connectivity index (χ0v) is 20.6. The predicted octanol–water partition coefficient (Wildman–Crippen LogP) is 3.06. The molecule has 0 radical (unpaired) electrons. The van der Waals surface area contributed by atoms with Crippen molar-refractivity contribution in [3.8, 4) is 5.75 Å². The molecule has 1 saturated heterocycles. The summed E-state index contributed by atoms with van der Waals surface area (Å²) < 4.78 is 5.66. The normalized spacial score (nSPS) is 16.1. The van der Waals surface area contributed by atoms with Gasteiger partial charge in [0.2, 0.25) is 11.8 Å². The molecule has 7 heteroatoms. The van der Waals surface area contributed by atoms with Gasteiger partial charge in [-0.3, -0.25) is 14.5 Å². The fourth-order valence-corrected chi connectivity index (χ4v) is 4.67. The van der Waals surface area contributed by atoms with E-state index in [4.69, 9.17) is 4.74 Å². The smallest absolute Gasteiger partial charge is 0.227 e. The molecule has 1 N–H and O–H groups in total. The van der Waals surface area contributed by atoms with Gasteiger partial charge in [0.15, 0.2) is 0 Å². The second-order valence-electron chi connectivity index (χ2n) is 9.26. The van der Waals surface area contributed by atoms with Gasteiger partial charge in [-0.25, -0.2) is 0 Å². The van der Waals surface area contributed by atoms with Crippen LogP contribution >= 0.6 is 0 Å². The van der Waals surface area contributed by atoms with Crippen LogP contribution in [0.5, 0.6) is 5.75 Å². The molecule has 0 aliphatic carbocycles. The molecule has 2 aliphatic heterocycles. The summed E-state index contributed by atoms with van der Waals surface area (Å²) in [5.74, 6) is 0.625. The van der Waals surface area contributed by atoms with Gasteiger partial charge in [0.05, 0.1) is 12.2 Å². The molecule has 182 valence electrons. The lowest BCUT2D eigenvalue weighted by atomic mass is 10.1. The van der Waals surface area contributed by atoms with Crippen LogP contribution in [0.3, 0.4) is 0 Å². The average Bonchev–Trinajstić information content (AvgIpc) is 2.84. The number of carbonyl (C=O) groups excluding carboxylic acids is 2. The molecule has 0 aromatic heterocycles. The summed E-state index contributed by atoms with van der Waals surface area (Å²) in [7, 11) is 0. The Morgan fingerprint density at radius 3 is 2.53 bits per heavy atom. The van der Waals surface area contributed by atoms with Crippen molar-refractivity contribution in [2.75, 3.05) is 62.2 Å². The van der Waals surface area contributed by atoms with Gasteiger partial charge in [-0.15, -0.1) is 0 Å². The highest BCUT2D eigenvalue weighted by Crippen LogP contribution is 2.32. The lowest BCUT2D eigenvalue weighted by molar-refractivity contribution is -0.125. The second kappa shape index (κ2) is 10.9. The lowest BCUT2D eigenvalue weighted by Gasteiger charge is -2.37. The zero-order chi connectivity index (χ0) is 24.1. The van der Waals surface area contributed by atoms with Crippen molar-refractivity contribution >= 4 is 23.2 Å². The van der Waals surface area contributed by atoms with Crippen molar-refractivity contribution in [3.63, 3.8) is 0 Å². The maximum absolute atomic E-state index is 12.8. The predicted molar refractivity (Wildman–Crippen MR) is 136 cm³/mol. The molecule has 7 nitrogen and oxygen atoms in total. The molecular formula is C27H36N4O3. The first kappa shape index (κ1) is 24.1. The van der Waals surface area contributed by atoms with E-state index < -0.39 is 0 Å². The maximum atomic E-state index is 12.8. The number of aryl methyl sites for hydroxylation is 2. The van der Waals surface area contributed by atoms with Crippen LogP contribution in [0.4, 0.5) is 11.4 Å². The number of nitrogens with zero attached hydrogens (tertiary/aromatic N) is 3. The highest BCUT2D eigenvalue weighted by molar-refractivity contribution is 5.97. The Balaban J connectivity index is 1.16. The van der Waals surface area contributed by atoms with Crippen molar-refractivity contribution in [1.29, 1.82) is 0 Å². The molecule has 0 bridgehead atoms. The first-order valence-corrected chi connectivity index (χ1v) is 12.3. The molecule has 4 rings (SSSR count). The summed E-state index contributed by atoms with van der Waals surface area (Å²) in [6.07, 6.45) is 0.408. The SMILES string of the molecule is Cc1ccc2c(c1)N(C(=O)CCC(=O)NCCN1CCN(c3cccc(C)c3C)CC1)CCO2. The van der Waals surface area contributed by atoms with Gasteiger partial charge < -0.3 is 19.9 Å². The van der Waals surface area contributed by atoms with Gasteiger partial charge in [-0.1, -0.05) is 18.2 Å². The highest BCUT2D eigenvalue weighted by atomic mass is 16.5. The fourth-order valence-electron chi connectivity index (χ4n) is 4.67. The number of benzene rings is 2. The summed E-state index contributed by atoms with van der Waals surface area (Å²) in [5.41, 5.74) is 5.89. The van der Waals surface area contributed by atoms with Crippen LogP contribution in [0, 0.1) is 20.8 Å². The van der Waals surface area contributed by atoms with E-state index in [-0.39, 0.29) is 24.7 Å². The van der Waals surface area contributed by atoms with Gasteiger partial charge in [0, 0.05) is 57.8 Å². The van der Waals surface area contributed by atoms with E-state index in [1.807, 2.05) is 25.1 Å². The number of piperazine rings is 1. The number of hydrogen-bond donors (Lipinski definition) is 1. The van der Waals surface area contributed by atoms with Crippen LogP contribution < -0.4 is 19.9 Å². The second-order valence-corrected chi connectivity index (χ2v) is 9.26. The molecule has 0 unspecified atom stereocenters. The van der Waals surface area contributed by atoms with Crippen LogP contribution in [-0.2, 0) is 9.59 Å². The van der Waals surface area contributed by atoms with Crippen molar-refractivity contribution in [3.05, 3.63) is 53.1 Å². The standard InChI is InChI=1S/C27H36N4O3/c1-20-7-8-25-24(19-20)31(17-18-34-25)27(33)10-9-26(32)28-11-12-29-13-15-30(16-14-29)23-6-4-5-21(2)22(23)3/h4-8,19H,9-18H2,1-3H3,(H,28,32). The average molecular weight is 465 g/mol. The number of carbonyl (C=O) groups is 2. The van der Waals surface area contributed by atoms with Crippen LogP contribution in [0.2, 0.25) is 0 Å². The molecule has 0 spiro atoms. The third-order valence-corrected chi connectivity index (χ3v) is 6.88. The maximum Gasteiger partial charge on any atom is 0.227 e. The Labute approximate surface area is 202 Å². The topological polar surface area (TPSA) is 65.1 Å². The van der Waals surface area contributed by atoms with Crippen molar-refractivity contribution < 1.29 is 14.3 Å². The number of amides is 2. The van der Waals surface area contributed by atoms with E-state index in [0.29, 0.717) is 19.7 Å². The van der Waals surface area contributed by atoms with Crippen molar-refractivity contribution in [1.82, 2.24) is 10.2 Å². The Kier molecular flexibility index (Phi) is 7.73. The monoisotopic (exact) mass is 464 g/mol. The third kappa shape index (κ3) is 5.70. The number of nitrogens with one attached hydrogen (secondary N) is 1. The van der Waals surface area contributed by atoms with Gasteiger partial charge in [0.25, 0.3) is 0 Å². The molecule has 2 heterocycles. The number of hydrogen-bond acceptors (Lipinski definition) is 5. The van der Waals surface area contributed by atoms with Gasteiger partial charge >= 0.3 is 0 Å². The first-order chi connectivity index (χ1) is 16.4. The summed E-state index contributed by atoms with van der Waals surface area (Å²) >= 11 is 0. The number of anilines is 2. The molecule has 0 atom stereocenters. The van der Waals surface area contributed by atoms with Crippen LogP contribution in [0.25, 0.3) is 0 Å². The summed E-state index contributed by atoms with van der Waals surface area (Å²) in [6, 6.07) is 12.3. The van der Waals surface area contributed by atoms with E-state index in [2.05, 4.69) is 47.2 Å². The molecule has 0 saturated carbocycles. The van der Waals surface area contributed by atoms with Crippen molar-refractivity contribution in [2.45, 2.75) is 33.6 Å². The van der Waals surface area contributed by atoms with E-state index in [1.165, 1.54) is 16.8 Å². The molecule has 2 amide bonds. The highest BCUT2D eigenvalue weighted by Gasteiger charge is 2.24. The Hall–Kier alpha value is -3.06. The molecule has 2 aromatic rings. The fraction of sp³-hybridized carbons (Fsp3) is 0.481. The Bertz CT molecular complexity index is 1030. The van der Waals surface area contributed by atoms with E-state index >= 15 is 0 Å². The summed E-state index contributed by atoms with van der Waals surface area (Å²) in [4.78, 5) is 31.7. The first-order valence-electron chi connectivity index (χ1n) is 12.3. The van der Waals surface area contributed by atoms with Crippen LogP contribution in [0.1, 0.15) is 29.5 Å². The van der Waals surface area contributed by atoms with Crippen molar-refractivity contribution in [2.24, 2.45) is 0 Å². The van der Waals surface area contributed by atoms with Crippen LogP contribution in [-0.4, -0.2) is 69.1 Å². The molecule has 1 fully saturated rings. The van der Waals surface area contributed by atoms with Gasteiger partial charge in [-0.2, -0.15) is 0 Å². The largest absolute Gasteiger partial charge is 0.490 e. The van der Waals surface area contributed by atoms with E-state index in [1.54, 1.807) is 4.90 Å². The molecule has 34 heavy (non-hydrogen) atoms. The molecular weight excluding hydrogens is 428 g/mol. The van der Waals surface area contributed by atoms with E-state index in [9.17, 15) is 9.59 Å². The summed E-state index contributed by atoms with van der Waals surface area (Å²) in [5, 5.41) is 2.99. The Morgan fingerprint density at radius 1 is 0.941 bits per heavy atom. The number of fused-ring (bicyclic) bond motifs is 1. The number of rotatable bonds is 7. The van der Waals surface area contributed by atoms with Gasteiger partial charge in [-0.05, 0) is 55.7 Å². The van der Waals surface area contributed by atoms with E-state index in [0.717, 1.165) is 49.7 Å². The minimum Gasteiger partial charge on any atom is -0.490 e. The zero-order valence-electron chi connectivity index (χ0n) is 20.6. The minimum atomic E-state index is -0.0694. The molecule has 2 aliphatic rings. The third-order valence-electron chi connectivity index (χ3n) is 6.88. The van der Waals surface area contributed by atoms with Crippen LogP contribution in [0.15, 0.2) is 36.4 Å². The lowest BCUT2D eigenvalue weighted by Crippen LogP contribution is -2.48. The summed E-state index contributed by atoms with van der Waals surface area (Å²) in [6.45, 7) is 12.7. The minimum absolute atomic E-state index is 0.0344. The number of ether oxygens (including phenoxy) is 1. The Morgan fingerprint density at radius 2 is 1.74 bits per heavy atom. The quantitative estimate of drug-likeness (QED) is 0.682. The van der Waals surface area contributed by atoms with Gasteiger partial charge in [0.1, 0.15) is 12.4 Å².